The Bertz CT molecular complexity index is 502. The van der Waals surface area contributed by atoms with Gasteiger partial charge in [-0.2, -0.15) is 0 Å². The SMILES string of the molecule is Cc1ccccc1CC(Br)c1ccccc1C. The van der Waals surface area contributed by atoms with Crippen LogP contribution in [0.4, 0.5) is 0 Å². The van der Waals surface area contributed by atoms with Crippen LogP contribution in [0.5, 0.6) is 0 Å². The zero-order chi connectivity index (χ0) is 12.3. The van der Waals surface area contributed by atoms with E-state index < -0.39 is 0 Å². The third-order valence-corrected chi connectivity index (χ3v) is 4.00. The van der Waals surface area contributed by atoms with E-state index in [1.165, 1.54) is 22.3 Å². The Morgan fingerprint density at radius 3 is 2.12 bits per heavy atom. The van der Waals surface area contributed by atoms with Crippen LogP contribution in [0.2, 0.25) is 0 Å². The van der Waals surface area contributed by atoms with Gasteiger partial charge in [-0.1, -0.05) is 64.5 Å². The first-order valence-electron chi connectivity index (χ1n) is 5.92. The summed E-state index contributed by atoms with van der Waals surface area (Å²) >= 11 is 3.81. The van der Waals surface area contributed by atoms with Crippen LogP contribution >= 0.6 is 15.9 Å². The molecule has 2 rings (SSSR count). The Balaban J connectivity index is 2.20. The molecule has 0 aliphatic rings. The Hall–Kier alpha value is -1.08. The van der Waals surface area contributed by atoms with Crippen molar-refractivity contribution in [3.63, 3.8) is 0 Å². The molecular formula is C16H17Br. The molecule has 2 aromatic rings. The van der Waals surface area contributed by atoms with Gasteiger partial charge in [0.2, 0.25) is 0 Å². The van der Waals surface area contributed by atoms with Gasteiger partial charge in [0, 0.05) is 4.83 Å². The zero-order valence-corrected chi connectivity index (χ0v) is 11.9. The van der Waals surface area contributed by atoms with E-state index in [0.29, 0.717) is 4.83 Å². The van der Waals surface area contributed by atoms with Crippen LogP contribution in [0.1, 0.15) is 27.1 Å². The standard InChI is InChI=1S/C16H17Br/c1-12-7-3-5-9-14(12)11-16(17)15-10-6-4-8-13(15)2/h3-10,16H,11H2,1-2H3. The average Bonchev–Trinajstić information content (AvgIpc) is 2.32. The van der Waals surface area contributed by atoms with Crippen molar-refractivity contribution in [1.29, 1.82) is 0 Å². The maximum Gasteiger partial charge on any atom is 0.0438 e. The lowest BCUT2D eigenvalue weighted by molar-refractivity contribution is 0.929. The molecule has 17 heavy (non-hydrogen) atoms. The molecule has 0 aliphatic carbocycles. The number of halogens is 1. The second kappa shape index (κ2) is 5.50. The molecule has 0 bridgehead atoms. The third-order valence-electron chi connectivity index (χ3n) is 3.19. The van der Waals surface area contributed by atoms with E-state index >= 15 is 0 Å². The van der Waals surface area contributed by atoms with Crippen molar-refractivity contribution in [3.8, 4) is 0 Å². The van der Waals surface area contributed by atoms with Gasteiger partial charge in [0.25, 0.3) is 0 Å². The maximum absolute atomic E-state index is 3.81. The average molecular weight is 289 g/mol. The minimum atomic E-state index is 0.393. The van der Waals surface area contributed by atoms with E-state index in [0.717, 1.165) is 6.42 Å². The van der Waals surface area contributed by atoms with E-state index in [1.807, 2.05) is 0 Å². The maximum atomic E-state index is 3.81. The van der Waals surface area contributed by atoms with Crippen molar-refractivity contribution >= 4 is 15.9 Å². The van der Waals surface area contributed by atoms with E-state index in [4.69, 9.17) is 0 Å². The Kier molecular flexibility index (Phi) is 4.01. The number of benzene rings is 2. The Morgan fingerprint density at radius 1 is 0.882 bits per heavy atom. The van der Waals surface area contributed by atoms with Crippen LogP contribution < -0.4 is 0 Å². The van der Waals surface area contributed by atoms with Crippen molar-refractivity contribution in [2.75, 3.05) is 0 Å². The summed E-state index contributed by atoms with van der Waals surface area (Å²) in [4.78, 5) is 0.393. The molecule has 0 saturated carbocycles. The van der Waals surface area contributed by atoms with Crippen LogP contribution in [-0.2, 0) is 6.42 Å². The second-order valence-electron chi connectivity index (χ2n) is 4.45. The van der Waals surface area contributed by atoms with Crippen molar-refractivity contribution in [2.24, 2.45) is 0 Å². The highest BCUT2D eigenvalue weighted by molar-refractivity contribution is 9.09. The van der Waals surface area contributed by atoms with Gasteiger partial charge in [-0.3, -0.25) is 0 Å². The van der Waals surface area contributed by atoms with Crippen molar-refractivity contribution in [2.45, 2.75) is 25.1 Å². The molecule has 0 heterocycles. The van der Waals surface area contributed by atoms with Crippen LogP contribution in [0.25, 0.3) is 0 Å². The molecule has 1 atom stereocenters. The van der Waals surface area contributed by atoms with E-state index in [2.05, 4.69) is 78.3 Å². The number of hydrogen-bond donors (Lipinski definition) is 0. The monoisotopic (exact) mass is 288 g/mol. The number of rotatable bonds is 3. The van der Waals surface area contributed by atoms with Gasteiger partial charge in [0.15, 0.2) is 0 Å². The van der Waals surface area contributed by atoms with Gasteiger partial charge in [0.05, 0.1) is 0 Å². The lowest BCUT2D eigenvalue weighted by Gasteiger charge is -2.14. The number of alkyl halides is 1. The summed E-state index contributed by atoms with van der Waals surface area (Å²) in [5.74, 6) is 0. The van der Waals surface area contributed by atoms with E-state index in [9.17, 15) is 0 Å². The fourth-order valence-electron chi connectivity index (χ4n) is 2.08. The molecule has 0 amide bonds. The summed E-state index contributed by atoms with van der Waals surface area (Å²) in [6.45, 7) is 4.34. The Morgan fingerprint density at radius 2 is 1.47 bits per heavy atom. The lowest BCUT2D eigenvalue weighted by Crippen LogP contribution is -1.99. The molecule has 1 unspecified atom stereocenters. The van der Waals surface area contributed by atoms with Gasteiger partial charge < -0.3 is 0 Å². The molecule has 0 aromatic heterocycles. The highest BCUT2D eigenvalue weighted by atomic mass is 79.9. The van der Waals surface area contributed by atoms with Crippen molar-refractivity contribution in [3.05, 3.63) is 70.8 Å². The summed E-state index contributed by atoms with van der Waals surface area (Å²) in [5, 5.41) is 0. The quantitative estimate of drug-likeness (QED) is 0.699. The molecule has 0 nitrogen and oxygen atoms in total. The van der Waals surface area contributed by atoms with E-state index in [-0.39, 0.29) is 0 Å². The summed E-state index contributed by atoms with van der Waals surface area (Å²) in [5.41, 5.74) is 5.52. The third kappa shape index (κ3) is 2.98. The minimum Gasteiger partial charge on any atom is -0.0835 e. The molecule has 0 fully saturated rings. The van der Waals surface area contributed by atoms with Gasteiger partial charge in [-0.05, 0) is 42.5 Å². The topological polar surface area (TPSA) is 0 Å². The molecular weight excluding hydrogens is 272 g/mol. The first-order chi connectivity index (χ1) is 8.18. The largest absolute Gasteiger partial charge is 0.0835 e. The number of hydrogen-bond acceptors (Lipinski definition) is 0. The van der Waals surface area contributed by atoms with Crippen LogP contribution in [0.3, 0.4) is 0 Å². The second-order valence-corrected chi connectivity index (χ2v) is 5.56. The van der Waals surface area contributed by atoms with Gasteiger partial charge >= 0.3 is 0 Å². The smallest absolute Gasteiger partial charge is 0.0438 e. The summed E-state index contributed by atoms with van der Waals surface area (Å²) in [7, 11) is 0. The molecule has 0 aliphatic heterocycles. The summed E-state index contributed by atoms with van der Waals surface area (Å²) in [6.07, 6.45) is 1.04. The fourth-order valence-corrected chi connectivity index (χ4v) is 2.94. The predicted molar refractivity (Wildman–Crippen MR) is 77.7 cm³/mol. The number of aryl methyl sites for hydroxylation is 2. The lowest BCUT2D eigenvalue weighted by atomic mass is 9.98. The summed E-state index contributed by atoms with van der Waals surface area (Å²) < 4.78 is 0. The van der Waals surface area contributed by atoms with Crippen molar-refractivity contribution in [1.82, 2.24) is 0 Å². The normalized spacial score (nSPS) is 12.4. The highest BCUT2D eigenvalue weighted by Crippen LogP contribution is 2.30. The molecule has 0 N–H and O–H groups in total. The molecule has 1 heteroatoms. The minimum absolute atomic E-state index is 0.393. The molecule has 88 valence electrons. The van der Waals surface area contributed by atoms with Crippen LogP contribution in [0, 0.1) is 13.8 Å². The Labute approximate surface area is 112 Å². The zero-order valence-electron chi connectivity index (χ0n) is 10.3. The van der Waals surface area contributed by atoms with Gasteiger partial charge in [-0.25, -0.2) is 0 Å². The molecule has 0 spiro atoms. The fraction of sp³-hybridized carbons (Fsp3) is 0.250. The first-order valence-corrected chi connectivity index (χ1v) is 6.84. The van der Waals surface area contributed by atoms with Crippen LogP contribution in [0.15, 0.2) is 48.5 Å². The molecule has 2 aromatic carbocycles. The highest BCUT2D eigenvalue weighted by Gasteiger charge is 2.11. The first kappa shape index (κ1) is 12.4. The predicted octanol–water partition coefficient (Wildman–Crippen LogP) is 4.98. The summed E-state index contributed by atoms with van der Waals surface area (Å²) in [6, 6.07) is 17.2. The van der Waals surface area contributed by atoms with Gasteiger partial charge in [0.1, 0.15) is 0 Å². The van der Waals surface area contributed by atoms with Crippen molar-refractivity contribution < 1.29 is 0 Å². The van der Waals surface area contributed by atoms with Gasteiger partial charge in [-0.15, -0.1) is 0 Å². The molecule has 0 radical (unpaired) electrons. The van der Waals surface area contributed by atoms with E-state index in [1.54, 1.807) is 0 Å². The van der Waals surface area contributed by atoms with Crippen LogP contribution in [-0.4, -0.2) is 0 Å². The molecule has 0 saturated heterocycles.